The molecule has 0 saturated carbocycles. The third kappa shape index (κ3) is 8.88. The van der Waals surface area contributed by atoms with Gasteiger partial charge in [0.25, 0.3) is 0 Å². The van der Waals surface area contributed by atoms with Crippen LogP contribution in [0.4, 0.5) is 11.4 Å². The molecule has 0 bridgehead atoms. The number of hydrogen-bond donors (Lipinski definition) is 2. The molecule has 4 aromatic rings. The van der Waals surface area contributed by atoms with Gasteiger partial charge in [-0.25, -0.2) is 14.0 Å². The van der Waals surface area contributed by atoms with Gasteiger partial charge in [-0.1, -0.05) is 45.9 Å². The average molecular weight is 589 g/mol. The Balaban J connectivity index is 0.00000121. The number of phenolic OH excluding ortho intramolecular Hbond substituents is 1. The summed E-state index contributed by atoms with van der Waals surface area (Å²) in [6, 6.07) is 25.1. The van der Waals surface area contributed by atoms with Crippen molar-refractivity contribution >= 4 is 11.4 Å². The van der Waals surface area contributed by atoms with Crippen molar-refractivity contribution < 1.29 is 9.84 Å². The van der Waals surface area contributed by atoms with E-state index in [1.165, 1.54) is 4.68 Å². The van der Waals surface area contributed by atoms with Gasteiger partial charge in [-0.3, -0.25) is 0 Å². The maximum atomic E-state index is 13.2. The molecule has 1 saturated heterocycles. The normalized spacial score (nSPS) is 14.1. The van der Waals surface area contributed by atoms with Gasteiger partial charge in [0.1, 0.15) is 24.4 Å². The van der Waals surface area contributed by atoms with Gasteiger partial charge < -0.3 is 25.0 Å². The summed E-state index contributed by atoms with van der Waals surface area (Å²) in [6.45, 7) is 16.9. The molecule has 43 heavy (non-hydrogen) atoms. The monoisotopic (exact) mass is 588 g/mol. The van der Waals surface area contributed by atoms with Gasteiger partial charge in [-0.05, 0) is 74.5 Å². The molecule has 0 aliphatic carbocycles. The number of hydrogen-bond acceptors (Lipinski definition) is 7. The van der Waals surface area contributed by atoms with Crippen LogP contribution in [0.15, 0.2) is 90.0 Å². The van der Waals surface area contributed by atoms with Gasteiger partial charge in [-0.2, -0.15) is 5.10 Å². The van der Waals surface area contributed by atoms with E-state index in [9.17, 15) is 9.90 Å². The molecule has 9 heteroatoms. The van der Waals surface area contributed by atoms with Crippen molar-refractivity contribution in [3.63, 3.8) is 0 Å². The molecule has 0 unspecified atom stereocenters. The number of anilines is 2. The number of piperazine rings is 1. The summed E-state index contributed by atoms with van der Waals surface area (Å²) in [7, 11) is 0. The number of aromatic nitrogens is 3. The largest absolute Gasteiger partial charge is 0.508 e. The van der Waals surface area contributed by atoms with Crippen LogP contribution in [0.5, 0.6) is 11.5 Å². The SMILES string of the molecule is CC.CC.C[C@H]([C@@H](C)NCCOc1ccccc1)n1ncn(-c2ccc(N3CCN(c4ccc(O)cc4)CC3)cc2)c1=O. The first kappa shape index (κ1) is 33.3. The van der Waals surface area contributed by atoms with E-state index in [1.807, 2.05) is 89.2 Å². The van der Waals surface area contributed by atoms with Crippen LogP contribution in [-0.4, -0.2) is 64.8 Å². The first-order chi connectivity index (χ1) is 21.0. The summed E-state index contributed by atoms with van der Waals surface area (Å²) in [5.41, 5.74) is 2.89. The minimum atomic E-state index is -0.160. The highest BCUT2D eigenvalue weighted by atomic mass is 16.5. The number of para-hydroxylation sites is 1. The summed E-state index contributed by atoms with van der Waals surface area (Å²) >= 11 is 0. The topological polar surface area (TPSA) is 87.8 Å². The molecular weight excluding hydrogens is 540 g/mol. The van der Waals surface area contributed by atoms with Crippen molar-refractivity contribution in [1.29, 1.82) is 0 Å². The standard InChI is InChI=1S/C30H36N6O3.2C2H6/c1-23(31-16-21-39-29-6-4-3-5-7-29)24(2)36-30(38)35(22-32-36)27-10-8-25(9-11-27)33-17-19-34(20-18-33)26-12-14-28(37)15-13-26;2*1-2/h3-15,22-24,31,37H,16-21H2,1-2H3;2*1-2H3/t23-,24-;;/m1../s1. The molecule has 1 fully saturated rings. The second-order valence-electron chi connectivity index (χ2n) is 9.88. The quantitative estimate of drug-likeness (QED) is 0.229. The zero-order valence-corrected chi connectivity index (χ0v) is 26.5. The molecule has 0 radical (unpaired) electrons. The minimum Gasteiger partial charge on any atom is -0.508 e. The highest BCUT2D eigenvalue weighted by molar-refractivity contribution is 5.54. The lowest BCUT2D eigenvalue weighted by Gasteiger charge is -2.37. The first-order valence-corrected chi connectivity index (χ1v) is 15.5. The van der Waals surface area contributed by atoms with Crippen LogP contribution in [0.2, 0.25) is 0 Å². The predicted molar refractivity (Wildman–Crippen MR) is 177 cm³/mol. The molecule has 3 aromatic carbocycles. The molecule has 2 atom stereocenters. The summed E-state index contributed by atoms with van der Waals surface area (Å²) in [4.78, 5) is 17.9. The van der Waals surface area contributed by atoms with Crippen molar-refractivity contribution in [3.8, 4) is 17.2 Å². The Labute approximate surface area is 256 Å². The second kappa shape index (κ2) is 17.0. The summed E-state index contributed by atoms with van der Waals surface area (Å²) in [6.07, 6.45) is 1.59. The minimum absolute atomic E-state index is 0.0352. The van der Waals surface area contributed by atoms with Crippen LogP contribution in [0.3, 0.4) is 0 Å². The lowest BCUT2D eigenvalue weighted by Crippen LogP contribution is -2.46. The van der Waals surface area contributed by atoms with Crippen LogP contribution in [0.25, 0.3) is 5.69 Å². The Hall–Kier alpha value is -4.24. The van der Waals surface area contributed by atoms with Crippen molar-refractivity contribution in [2.24, 2.45) is 0 Å². The lowest BCUT2D eigenvalue weighted by molar-refractivity contribution is 0.287. The van der Waals surface area contributed by atoms with Gasteiger partial charge in [0.2, 0.25) is 0 Å². The maximum absolute atomic E-state index is 13.2. The molecule has 0 amide bonds. The third-order valence-corrected chi connectivity index (χ3v) is 7.37. The Morgan fingerprint density at radius 3 is 1.86 bits per heavy atom. The molecule has 2 heterocycles. The number of nitrogens with zero attached hydrogens (tertiary/aromatic N) is 5. The highest BCUT2D eigenvalue weighted by Crippen LogP contribution is 2.23. The number of nitrogens with one attached hydrogen (secondary N) is 1. The van der Waals surface area contributed by atoms with Gasteiger partial charge >= 0.3 is 5.69 Å². The Morgan fingerprint density at radius 2 is 1.30 bits per heavy atom. The van der Waals surface area contributed by atoms with Crippen molar-refractivity contribution in [1.82, 2.24) is 19.7 Å². The Morgan fingerprint density at radius 1 is 0.791 bits per heavy atom. The summed E-state index contributed by atoms with van der Waals surface area (Å²) in [5.74, 6) is 1.13. The van der Waals surface area contributed by atoms with E-state index in [-0.39, 0.29) is 23.5 Å². The zero-order chi connectivity index (χ0) is 31.2. The van der Waals surface area contributed by atoms with E-state index in [4.69, 9.17) is 4.74 Å². The van der Waals surface area contributed by atoms with E-state index in [2.05, 4.69) is 39.3 Å². The molecule has 0 spiro atoms. The van der Waals surface area contributed by atoms with Crippen LogP contribution >= 0.6 is 0 Å². The number of rotatable bonds is 10. The molecule has 232 valence electrons. The lowest BCUT2D eigenvalue weighted by atomic mass is 10.2. The van der Waals surface area contributed by atoms with Gasteiger partial charge in [-0.15, -0.1) is 0 Å². The Kier molecular flexibility index (Phi) is 13.2. The molecule has 1 aliphatic heterocycles. The zero-order valence-electron chi connectivity index (χ0n) is 26.5. The van der Waals surface area contributed by atoms with Gasteiger partial charge in [0, 0.05) is 50.1 Å². The van der Waals surface area contributed by atoms with Crippen LogP contribution in [0.1, 0.15) is 47.6 Å². The van der Waals surface area contributed by atoms with E-state index >= 15 is 0 Å². The highest BCUT2D eigenvalue weighted by Gasteiger charge is 2.20. The molecule has 9 nitrogen and oxygen atoms in total. The smallest absolute Gasteiger partial charge is 0.350 e. The number of benzene rings is 3. The van der Waals surface area contributed by atoms with Crippen molar-refractivity contribution in [2.75, 3.05) is 49.1 Å². The van der Waals surface area contributed by atoms with Crippen molar-refractivity contribution in [3.05, 3.63) is 95.7 Å². The van der Waals surface area contributed by atoms with Crippen LogP contribution in [-0.2, 0) is 0 Å². The fourth-order valence-electron chi connectivity index (χ4n) is 4.84. The average Bonchev–Trinajstić information content (AvgIpc) is 3.46. The predicted octanol–water partition coefficient (Wildman–Crippen LogP) is 5.74. The molecular formula is C34H48N6O3. The van der Waals surface area contributed by atoms with Gasteiger partial charge in [0.15, 0.2) is 0 Å². The third-order valence-electron chi connectivity index (χ3n) is 7.37. The molecule has 1 aliphatic rings. The molecule has 5 rings (SSSR count). The molecule has 1 aromatic heterocycles. The van der Waals surface area contributed by atoms with Crippen molar-refractivity contribution in [2.45, 2.75) is 53.6 Å². The van der Waals surface area contributed by atoms with Crippen LogP contribution in [0, 0.1) is 0 Å². The number of aromatic hydroxyl groups is 1. The van der Waals surface area contributed by atoms with E-state index < -0.39 is 0 Å². The first-order valence-electron chi connectivity index (χ1n) is 15.5. The van der Waals surface area contributed by atoms with Gasteiger partial charge in [0.05, 0.1) is 11.7 Å². The summed E-state index contributed by atoms with van der Waals surface area (Å²) in [5, 5.41) is 17.4. The van der Waals surface area contributed by atoms with E-state index in [1.54, 1.807) is 23.0 Å². The van der Waals surface area contributed by atoms with Crippen LogP contribution < -0.4 is 25.5 Å². The second-order valence-corrected chi connectivity index (χ2v) is 9.88. The Bertz CT molecular complexity index is 1380. The summed E-state index contributed by atoms with van der Waals surface area (Å²) < 4.78 is 8.87. The fourth-order valence-corrected chi connectivity index (χ4v) is 4.84. The van der Waals surface area contributed by atoms with E-state index in [0.717, 1.165) is 49.0 Å². The van der Waals surface area contributed by atoms with E-state index in [0.29, 0.717) is 13.2 Å². The fraction of sp³-hybridized carbons (Fsp3) is 0.412. The molecule has 2 N–H and O–H groups in total. The number of phenols is 1. The number of ether oxygens (including phenoxy) is 1. The maximum Gasteiger partial charge on any atom is 0.350 e.